The second-order valence-electron chi connectivity index (χ2n) is 3.35. The van der Waals surface area contributed by atoms with Gasteiger partial charge >= 0.3 is 0 Å². The van der Waals surface area contributed by atoms with Gasteiger partial charge in [0.15, 0.2) is 0 Å². The number of rotatable bonds is 4. The van der Waals surface area contributed by atoms with Crippen molar-refractivity contribution in [2.75, 3.05) is 19.0 Å². The van der Waals surface area contributed by atoms with E-state index < -0.39 is 12.8 Å². The van der Waals surface area contributed by atoms with Gasteiger partial charge in [0, 0.05) is 11.3 Å². The lowest BCUT2D eigenvalue weighted by Gasteiger charge is -2.27. The highest BCUT2D eigenvalue weighted by Crippen LogP contribution is 2.40. The van der Waals surface area contributed by atoms with Gasteiger partial charge in [0.25, 0.3) is 0 Å². The topological polar surface area (TPSA) is 46.2 Å². The molecule has 2 nitrogen and oxygen atoms in total. The molecule has 0 aromatic heterocycles. The maximum absolute atomic E-state index is 12.0. The number of alkyl halides is 1. The number of hydrogen-bond donors (Lipinski definition) is 2. The van der Waals surface area contributed by atoms with Gasteiger partial charge in [0.05, 0.1) is 6.10 Å². The fraction of sp³-hybridized carbons (Fsp3) is 1.00. The average Bonchev–Trinajstić information content (AvgIpc) is 2.54. The molecule has 1 heterocycles. The largest absolute Gasteiger partial charge is 0.390 e. The van der Waals surface area contributed by atoms with Gasteiger partial charge in [0.2, 0.25) is 0 Å². The van der Waals surface area contributed by atoms with E-state index in [1.165, 1.54) is 0 Å². The molecule has 12 heavy (non-hydrogen) atoms. The Morgan fingerprint density at radius 2 is 2.42 bits per heavy atom. The molecule has 0 aromatic rings. The van der Waals surface area contributed by atoms with Crippen LogP contribution in [0.5, 0.6) is 0 Å². The maximum Gasteiger partial charge on any atom is 0.115 e. The lowest BCUT2D eigenvalue weighted by atomic mass is 9.96. The highest BCUT2D eigenvalue weighted by molar-refractivity contribution is 8.00. The maximum atomic E-state index is 12.0. The number of aliphatic hydroxyl groups excluding tert-OH is 1. The summed E-state index contributed by atoms with van der Waals surface area (Å²) in [6, 6.07) is 0. The van der Waals surface area contributed by atoms with Crippen LogP contribution in [0.25, 0.3) is 0 Å². The molecule has 2 atom stereocenters. The fourth-order valence-electron chi connectivity index (χ4n) is 1.64. The Bertz CT molecular complexity index is 139. The molecule has 1 rings (SSSR count). The Morgan fingerprint density at radius 3 is 2.83 bits per heavy atom. The van der Waals surface area contributed by atoms with Crippen molar-refractivity contribution in [3.05, 3.63) is 0 Å². The van der Waals surface area contributed by atoms with E-state index in [0.29, 0.717) is 13.0 Å². The van der Waals surface area contributed by atoms with Gasteiger partial charge in [-0.3, -0.25) is 0 Å². The third-order valence-corrected chi connectivity index (χ3v) is 3.99. The molecule has 1 aliphatic heterocycles. The van der Waals surface area contributed by atoms with E-state index in [1.807, 2.05) is 0 Å². The Kier molecular flexibility index (Phi) is 3.80. The molecule has 1 saturated heterocycles. The first-order chi connectivity index (χ1) is 5.72. The molecule has 4 heteroatoms. The first-order valence-corrected chi connectivity index (χ1v) is 5.29. The summed E-state index contributed by atoms with van der Waals surface area (Å²) in [5, 5.41) is 9.17. The summed E-state index contributed by atoms with van der Waals surface area (Å²) in [6.45, 7) is -0.100. The van der Waals surface area contributed by atoms with Gasteiger partial charge in [0.1, 0.15) is 6.67 Å². The summed E-state index contributed by atoms with van der Waals surface area (Å²) in [7, 11) is 0. The molecule has 3 N–H and O–H groups in total. The summed E-state index contributed by atoms with van der Waals surface area (Å²) in [6.07, 6.45) is 1.84. The van der Waals surface area contributed by atoms with Crippen molar-refractivity contribution in [2.45, 2.75) is 30.1 Å². The summed E-state index contributed by atoms with van der Waals surface area (Å²) < 4.78 is 12.0. The van der Waals surface area contributed by atoms with Crippen LogP contribution < -0.4 is 5.73 Å². The van der Waals surface area contributed by atoms with Gasteiger partial charge in [-0.2, -0.15) is 11.8 Å². The van der Waals surface area contributed by atoms with Crippen molar-refractivity contribution in [1.29, 1.82) is 0 Å². The van der Waals surface area contributed by atoms with Gasteiger partial charge in [-0.1, -0.05) is 0 Å². The zero-order valence-corrected chi connectivity index (χ0v) is 7.95. The first-order valence-electron chi connectivity index (χ1n) is 4.30. The van der Waals surface area contributed by atoms with E-state index in [1.54, 1.807) is 11.8 Å². The van der Waals surface area contributed by atoms with Crippen LogP contribution in [0, 0.1) is 0 Å². The van der Waals surface area contributed by atoms with Gasteiger partial charge in [-0.25, -0.2) is 4.39 Å². The molecule has 72 valence electrons. The van der Waals surface area contributed by atoms with Crippen LogP contribution in [0.4, 0.5) is 4.39 Å². The highest BCUT2D eigenvalue weighted by atomic mass is 32.2. The Morgan fingerprint density at radius 1 is 1.67 bits per heavy atom. The molecule has 1 aliphatic rings. The highest BCUT2D eigenvalue weighted by Gasteiger charge is 2.35. The van der Waals surface area contributed by atoms with Crippen molar-refractivity contribution in [3.63, 3.8) is 0 Å². The monoisotopic (exact) mass is 193 g/mol. The molecule has 0 spiro atoms. The van der Waals surface area contributed by atoms with Crippen LogP contribution in [0.1, 0.15) is 19.3 Å². The number of halogens is 1. The van der Waals surface area contributed by atoms with E-state index >= 15 is 0 Å². The normalized spacial score (nSPS) is 32.2. The molecule has 0 bridgehead atoms. The quantitative estimate of drug-likeness (QED) is 0.698. The van der Waals surface area contributed by atoms with Crippen LogP contribution in [0.15, 0.2) is 0 Å². The van der Waals surface area contributed by atoms with E-state index in [2.05, 4.69) is 0 Å². The standard InChI is InChI=1S/C8H16FNOS/c9-5-7(11)4-8(6-10)2-1-3-12-8/h7,11H,1-6,10H2. The zero-order chi connectivity index (χ0) is 9.03. The summed E-state index contributed by atoms with van der Waals surface area (Å²) >= 11 is 1.78. The van der Waals surface area contributed by atoms with Crippen LogP contribution in [-0.4, -0.2) is 34.9 Å². The van der Waals surface area contributed by atoms with Gasteiger partial charge in [-0.05, 0) is 25.0 Å². The summed E-state index contributed by atoms with van der Waals surface area (Å²) in [4.78, 5) is 0. The Labute approximate surface area is 76.7 Å². The van der Waals surface area contributed by atoms with Gasteiger partial charge in [-0.15, -0.1) is 0 Å². The predicted molar refractivity (Wildman–Crippen MR) is 50.1 cm³/mol. The van der Waals surface area contributed by atoms with E-state index in [4.69, 9.17) is 5.73 Å². The van der Waals surface area contributed by atoms with Crippen molar-refractivity contribution in [1.82, 2.24) is 0 Å². The van der Waals surface area contributed by atoms with Gasteiger partial charge < -0.3 is 10.8 Å². The fourth-order valence-corrected chi connectivity index (χ4v) is 3.08. The third kappa shape index (κ3) is 2.34. The predicted octanol–water partition coefficient (Wildman–Crippen LogP) is 0.931. The van der Waals surface area contributed by atoms with Crippen LogP contribution in [0.2, 0.25) is 0 Å². The minimum atomic E-state index is -0.820. The molecule has 0 amide bonds. The van der Waals surface area contributed by atoms with Crippen LogP contribution in [-0.2, 0) is 0 Å². The van der Waals surface area contributed by atoms with Crippen molar-refractivity contribution < 1.29 is 9.50 Å². The minimum Gasteiger partial charge on any atom is -0.390 e. The molecule has 0 aliphatic carbocycles. The Hall–Kier alpha value is 0.200. The Balaban J connectivity index is 2.43. The second-order valence-corrected chi connectivity index (χ2v) is 4.91. The van der Waals surface area contributed by atoms with Crippen molar-refractivity contribution in [3.8, 4) is 0 Å². The number of thioether (sulfide) groups is 1. The minimum absolute atomic E-state index is 0.0362. The van der Waals surface area contributed by atoms with Crippen LogP contribution >= 0.6 is 11.8 Å². The number of nitrogens with two attached hydrogens (primary N) is 1. The number of hydrogen-bond acceptors (Lipinski definition) is 3. The molecular weight excluding hydrogens is 177 g/mol. The van der Waals surface area contributed by atoms with E-state index in [0.717, 1.165) is 18.6 Å². The van der Waals surface area contributed by atoms with E-state index in [-0.39, 0.29) is 4.75 Å². The molecule has 0 radical (unpaired) electrons. The summed E-state index contributed by atoms with van der Waals surface area (Å²) in [5.41, 5.74) is 5.62. The average molecular weight is 193 g/mol. The molecule has 0 aromatic carbocycles. The number of aliphatic hydroxyl groups is 1. The zero-order valence-electron chi connectivity index (χ0n) is 7.13. The van der Waals surface area contributed by atoms with Crippen LogP contribution in [0.3, 0.4) is 0 Å². The molecule has 1 fully saturated rings. The summed E-state index contributed by atoms with van der Waals surface area (Å²) in [5.74, 6) is 1.09. The van der Waals surface area contributed by atoms with E-state index in [9.17, 15) is 9.50 Å². The van der Waals surface area contributed by atoms with Crippen molar-refractivity contribution >= 4 is 11.8 Å². The lowest BCUT2D eigenvalue weighted by Crippen LogP contribution is -2.36. The second kappa shape index (κ2) is 4.44. The third-order valence-electron chi connectivity index (χ3n) is 2.34. The lowest BCUT2D eigenvalue weighted by molar-refractivity contribution is 0.119. The molecular formula is C8H16FNOS. The first kappa shape index (κ1) is 10.3. The molecule has 2 unspecified atom stereocenters. The molecule has 0 saturated carbocycles. The SMILES string of the molecule is NCC1(CC(O)CF)CCCS1. The smallest absolute Gasteiger partial charge is 0.115 e. The van der Waals surface area contributed by atoms with Crippen molar-refractivity contribution in [2.24, 2.45) is 5.73 Å².